The zero-order valence-corrected chi connectivity index (χ0v) is 10.4. The molecule has 0 aromatic carbocycles. The maximum absolute atomic E-state index is 11.7. The number of H-pyrrole nitrogens is 2. The van der Waals surface area contributed by atoms with Gasteiger partial charge in [0.25, 0.3) is 11.5 Å². The second-order valence-corrected chi connectivity index (χ2v) is 4.16. The van der Waals surface area contributed by atoms with Crippen LogP contribution in [0.25, 0.3) is 0 Å². The average molecular weight is 269 g/mol. The minimum Gasteiger partial charge on any atom is -0.481 e. The molecule has 104 valence electrons. The normalized spacial score (nSPS) is 11.8. The Morgan fingerprint density at radius 3 is 2.63 bits per heavy atom. The third-order valence-electron chi connectivity index (χ3n) is 2.41. The molecule has 1 heterocycles. The van der Waals surface area contributed by atoms with Crippen molar-refractivity contribution < 1.29 is 14.7 Å². The number of carboxylic acids is 1. The van der Waals surface area contributed by atoms with Crippen molar-refractivity contribution in [2.45, 2.75) is 32.2 Å². The lowest BCUT2D eigenvalue weighted by Crippen LogP contribution is -2.36. The third kappa shape index (κ3) is 5.19. The number of carbonyl (C=O) groups is 2. The smallest absolute Gasteiger partial charge is 0.326 e. The highest BCUT2D eigenvalue weighted by molar-refractivity contribution is 5.92. The number of aromatic amines is 2. The number of amides is 1. The van der Waals surface area contributed by atoms with Crippen molar-refractivity contribution in [3.8, 4) is 0 Å². The second kappa shape index (κ2) is 6.53. The summed E-state index contributed by atoms with van der Waals surface area (Å²) in [7, 11) is 0. The number of carbonyl (C=O) groups excluding carboxylic acids is 1. The van der Waals surface area contributed by atoms with Crippen LogP contribution in [0.15, 0.2) is 15.7 Å². The molecule has 1 amide bonds. The van der Waals surface area contributed by atoms with Crippen molar-refractivity contribution in [1.82, 2.24) is 15.3 Å². The summed E-state index contributed by atoms with van der Waals surface area (Å²) in [5.74, 6) is -1.47. The quantitative estimate of drug-likeness (QED) is 0.549. The van der Waals surface area contributed by atoms with Crippen LogP contribution in [0.3, 0.4) is 0 Å². The van der Waals surface area contributed by atoms with Crippen molar-refractivity contribution >= 4 is 11.9 Å². The van der Waals surface area contributed by atoms with E-state index in [9.17, 15) is 19.2 Å². The Bertz CT molecular complexity index is 546. The molecule has 8 heteroatoms. The Labute approximate surface area is 107 Å². The Hall–Kier alpha value is -2.38. The van der Waals surface area contributed by atoms with Gasteiger partial charge in [0.05, 0.1) is 0 Å². The van der Waals surface area contributed by atoms with E-state index in [4.69, 9.17) is 5.11 Å². The minimum absolute atomic E-state index is 0.0298. The van der Waals surface area contributed by atoms with Crippen molar-refractivity contribution in [1.29, 1.82) is 0 Å². The van der Waals surface area contributed by atoms with Gasteiger partial charge in [-0.3, -0.25) is 19.4 Å². The molecule has 1 aromatic rings. The summed E-state index contributed by atoms with van der Waals surface area (Å²) in [6, 6.07) is 0.732. The van der Waals surface area contributed by atoms with E-state index < -0.39 is 23.1 Å². The molecular weight excluding hydrogens is 254 g/mol. The average Bonchev–Trinajstić information content (AvgIpc) is 2.26. The highest BCUT2D eigenvalue weighted by Gasteiger charge is 2.11. The maximum atomic E-state index is 11.7. The summed E-state index contributed by atoms with van der Waals surface area (Å²) in [4.78, 5) is 48.2. The Balaban J connectivity index is 2.56. The van der Waals surface area contributed by atoms with Crippen LogP contribution in [0.2, 0.25) is 0 Å². The molecule has 1 unspecified atom stereocenters. The standard InChI is InChI=1S/C11H15N3O5/c1-6(3-2-4-9(16)17)12-10(18)7-5-8(15)14-11(19)13-7/h5-6H,2-4H2,1H3,(H,12,18)(H,16,17)(H2,13,14,15,19). The number of nitrogens with one attached hydrogen (secondary N) is 3. The molecule has 1 rings (SSSR count). The van der Waals surface area contributed by atoms with Gasteiger partial charge in [-0.2, -0.15) is 0 Å². The van der Waals surface area contributed by atoms with Crippen molar-refractivity contribution in [3.05, 3.63) is 32.6 Å². The Morgan fingerprint density at radius 1 is 1.37 bits per heavy atom. The van der Waals surface area contributed by atoms with Crippen LogP contribution in [0.1, 0.15) is 36.7 Å². The molecule has 19 heavy (non-hydrogen) atoms. The first-order valence-corrected chi connectivity index (χ1v) is 5.75. The monoisotopic (exact) mass is 269 g/mol. The van der Waals surface area contributed by atoms with E-state index in [0.29, 0.717) is 12.8 Å². The van der Waals surface area contributed by atoms with Gasteiger partial charge in [0.1, 0.15) is 5.69 Å². The summed E-state index contributed by atoms with van der Waals surface area (Å²) in [5.41, 5.74) is -1.54. The Morgan fingerprint density at radius 2 is 2.05 bits per heavy atom. The third-order valence-corrected chi connectivity index (χ3v) is 2.41. The molecule has 1 atom stereocenters. The van der Waals surface area contributed by atoms with Crippen LogP contribution in [0, 0.1) is 0 Å². The molecule has 0 radical (unpaired) electrons. The summed E-state index contributed by atoms with van der Waals surface area (Å²) < 4.78 is 0. The fourth-order valence-electron chi connectivity index (χ4n) is 1.52. The number of hydrogen-bond acceptors (Lipinski definition) is 4. The molecule has 0 saturated heterocycles. The van der Waals surface area contributed by atoms with Gasteiger partial charge in [0.15, 0.2) is 0 Å². The number of aliphatic carboxylic acids is 1. The van der Waals surface area contributed by atoms with Crippen molar-refractivity contribution in [3.63, 3.8) is 0 Å². The zero-order valence-electron chi connectivity index (χ0n) is 10.4. The molecule has 0 spiro atoms. The molecule has 0 saturated carbocycles. The molecule has 0 fully saturated rings. The SMILES string of the molecule is CC(CCCC(=O)O)NC(=O)c1cc(=O)[nH]c(=O)[nH]1. The first kappa shape index (κ1) is 14.7. The fourth-order valence-corrected chi connectivity index (χ4v) is 1.52. The van der Waals surface area contributed by atoms with Gasteiger partial charge in [0, 0.05) is 18.5 Å². The maximum Gasteiger partial charge on any atom is 0.326 e. The lowest BCUT2D eigenvalue weighted by atomic mass is 10.1. The number of rotatable bonds is 6. The fraction of sp³-hybridized carbons (Fsp3) is 0.455. The largest absolute Gasteiger partial charge is 0.481 e. The zero-order chi connectivity index (χ0) is 14.4. The summed E-state index contributed by atoms with van der Waals surface area (Å²) >= 11 is 0. The summed E-state index contributed by atoms with van der Waals surface area (Å²) in [6.45, 7) is 1.71. The highest BCUT2D eigenvalue weighted by Crippen LogP contribution is 2.01. The minimum atomic E-state index is -0.891. The molecular formula is C11H15N3O5. The predicted octanol–water partition coefficient (Wildman–Crippen LogP) is -0.564. The first-order valence-electron chi connectivity index (χ1n) is 5.75. The van der Waals surface area contributed by atoms with Crippen LogP contribution in [0.5, 0.6) is 0 Å². The van der Waals surface area contributed by atoms with Crippen LogP contribution in [-0.2, 0) is 4.79 Å². The van der Waals surface area contributed by atoms with Gasteiger partial charge in [-0.15, -0.1) is 0 Å². The molecule has 0 bridgehead atoms. The van der Waals surface area contributed by atoms with Crippen molar-refractivity contribution in [2.24, 2.45) is 0 Å². The highest BCUT2D eigenvalue weighted by atomic mass is 16.4. The van der Waals surface area contributed by atoms with Gasteiger partial charge in [-0.1, -0.05) is 0 Å². The van der Waals surface area contributed by atoms with Crippen LogP contribution in [0.4, 0.5) is 0 Å². The predicted molar refractivity (Wildman–Crippen MR) is 66.1 cm³/mol. The van der Waals surface area contributed by atoms with Gasteiger partial charge >= 0.3 is 11.7 Å². The van der Waals surface area contributed by atoms with Gasteiger partial charge in [-0.25, -0.2) is 4.79 Å². The summed E-state index contributed by atoms with van der Waals surface area (Å²) in [5, 5.41) is 11.1. The molecule has 0 aliphatic rings. The first-order chi connectivity index (χ1) is 8.88. The number of aromatic nitrogens is 2. The van der Waals surface area contributed by atoms with E-state index in [1.54, 1.807) is 6.92 Å². The van der Waals surface area contributed by atoms with Crippen LogP contribution < -0.4 is 16.6 Å². The topological polar surface area (TPSA) is 132 Å². The second-order valence-electron chi connectivity index (χ2n) is 4.16. The van der Waals surface area contributed by atoms with E-state index in [1.807, 2.05) is 4.98 Å². The number of carboxylic acid groups (broad SMARTS) is 1. The van der Waals surface area contributed by atoms with E-state index >= 15 is 0 Å². The molecule has 0 aliphatic carbocycles. The van der Waals surface area contributed by atoms with Crippen molar-refractivity contribution in [2.75, 3.05) is 0 Å². The number of hydrogen-bond donors (Lipinski definition) is 4. The lowest BCUT2D eigenvalue weighted by Gasteiger charge is -2.12. The molecule has 8 nitrogen and oxygen atoms in total. The lowest BCUT2D eigenvalue weighted by molar-refractivity contribution is -0.137. The molecule has 4 N–H and O–H groups in total. The van der Waals surface area contributed by atoms with E-state index in [2.05, 4.69) is 10.3 Å². The van der Waals surface area contributed by atoms with Crippen LogP contribution in [-0.4, -0.2) is 33.0 Å². The van der Waals surface area contributed by atoms with E-state index in [0.717, 1.165) is 6.07 Å². The van der Waals surface area contributed by atoms with Gasteiger partial charge in [-0.05, 0) is 19.8 Å². The summed E-state index contributed by atoms with van der Waals surface area (Å²) in [6.07, 6.45) is 0.955. The van der Waals surface area contributed by atoms with E-state index in [1.165, 1.54) is 0 Å². The molecule has 1 aromatic heterocycles. The van der Waals surface area contributed by atoms with E-state index in [-0.39, 0.29) is 18.2 Å². The Kier molecular flexibility index (Phi) is 5.04. The molecule has 0 aliphatic heterocycles. The van der Waals surface area contributed by atoms with Crippen LogP contribution >= 0.6 is 0 Å². The van der Waals surface area contributed by atoms with Gasteiger partial charge < -0.3 is 15.4 Å². The van der Waals surface area contributed by atoms with Gasteiger partial charge in [0.2, 0.25) is 0 Å².